The van der Waals surface area contributed by atoms with Gasteiger partial charge in [-0.1, -0.05) is 11.1 Å². The monoisotopic (exact) mass is 136 g/mol. The van der Waals surface area contributed by atoms with Crippen molar-refractivity contribution < 1.29 is 0 Å². The van der Waals surface area contributed by atoms with Crippen molar-refractivity contribution in [2.75, 3.05) is 6.54 Å². The van der Waals surface area contributed by atoms with Crippen LogP contribution in [0.25, 0.3) is 0 Å². The summed E-state index contributed by atoms with van der Waals surface area (Å²) in [6.45, 7) is 2.70. The Hall–Kier alpha value is -0.890. The predicted molar refractivity (Wildman–Crippen MR) is 44.0 cm³/mol. The standard InChI is InChI=1S/C8H12N2/c1-7-4-8(5-9)2-3-10-6-7/h2-3,6H,4-5,9H2,1H3. The highest BCUT2D eigenvalue weighted by molar-refractivity contribution is 5.73. The molecule has 0 aromatic heterocycles. The zero-order chi connectivity index (χ0) is 7.40. The van der Waals surface area contributed by atoms with E-state index in [-0.39, 0.29) is 0 Å². The maximum atomic E-state index is 5.48. The van der Waals surface area contributed by atoms with Crippen molar-refractivity contribution in [1.82, 2.24) is 0 Å². The summed E-state index contributed by atoms with van der Waals surface area (Å²) in [7, 11) is 0. The van der Waals surface area contributed by atoms with Crippen molar-refractivity contribution in [2.45, 2.75) is 13.3 Å². The second-order valence-corrected chi connectivity index (χ2v) is 2.48. The Morgan fingerprint density at radius 1 is 1.70 bits per heavy atom. The van der Waals surface area contributed by atoms with Crippen molar-refractivity contribution in [3.05, 3.63) is 23.4 Å². The largest absolute Gasteiger partial charge is 0.327 e. The van der Waals surface area contributed by atoms with Gasteiger partial charge in [-0.15, -0.1) is 0 Å². The molecular weight excluding hydrogens is 124 g/mol. The molecular formula is C8H12N2. The van der Waals surface area contributed by atoms with Gasteiger partial charge in [-0.3, -0.25) is 4.99 Å². The number of allylic oxidation sites excluding steroid dienone is 2. The molecule has 0 aromatic rings. The van der Waals surface area contributed by atoms with Crippen molar-refractivity contribution in [2.24, 2.45) is 10.7 Å². The van der Waals surface area contributed by atoms with Gasteiger partial charge in [0, 0.05) is 19.0 Å². The lowest BCUT2D eigenvalue weighted by atomic mass is 10.1. The smallest absolute Gasteiger partial charge is 0.0267 e. The summed E-state index contributed by atoms with van der Waals surface area (Å²) in [5.74, 6) is 0. The average Bonchev–Trinajstić information content (AvgIpc) is 2.13. The first-order valence-corrected chi connectivity index (χ1v) is 3.40. The number of nitrogens with two attached hydrogens (primary N) is 1. The zero-order valence-corrected chi connectivity index (χ0v) is 6.17. The lowest BCUT2D eigenvalue weighted by molar-refractivity contribution is 1.02. The first kappa shape index (κ1) is 7.22. The number of hydrogen-bond donors (Lipinski definition) is 1. The molecule has 0 unspecified atom stereocenters. The van der Waals surface area contributed by atoms with Crippen LogP contribution >= 0.6 is 0 Å². The third-order valence-electron chi connectivity index (χ3n) is 1.46. The minimum Gasteiger partial charge on any atom is -0.327 e. The van der Waals surface area contributed by atoms with Crippen molar-refractivity contribution in [1.29, 1.82) is 0 Å². The van der Waals surface area contributed by atoms with E-state index in [4.69, 9.17) is 5.73 Å². The van der Waals surface area contributed by atoms with E-state index in [9.17, 15) is 0 Å². The molecule has 2 nitrogen and oxygen atoms in total. The van der Waals surface area contributed by atoms with Crippen molar-refractivity contribution >= 4 is 6.21 Å². The Bertz CT molecular complexity index is 199. The zero-order valence-electron chi connectivity index (χ0n) is 6.17. The fraction of sp³-hybridized carbons (Fsp3) is 0.375. The Labute approximate surface area is 61.1 Å². The summed E-state index contributed by atoms with van der Waals surface area (Å²) in [6, 6.07) is 0. The Morgan fingerprint density at radius 2 is 2.50 bits per heavy atom. The van der Waals surface area contributed by atoms with Crippen LogP contribution in [-0.2, 0) is 0 Å². The quantitative estimate of drug-likeness (QED) is 0.579. The molecule has 0 atom stereocenters. The molecule has 1 heterocycles. The second kappa shape index (κ2) is 3.32. The van der Waals surface area contributed by atoms with Crippen LogP contribution in [0.4, 0.5) is 0 Å². The Morgan fingerprint density at radius 3 is 3.20 bits per heavy atom. The van der Waals surface area contributed by atoms with Gasteiger partial charge in [-0.2, -0.15) is 0 Å². The van der Waals surface area contributed by atoms with Crippen LogP contribution in [0.3, 0.4) is 0 Å². The van der Waals surface area contributed by atoms with Gasteiger partial charge < -0.3 is 5.73 Å². The molecule has 10 heavy (non-hydrogen) atoms. The lowest BCUT2D eigenvalue weighted by Crippen LogP contribution is -2.03. The van der Waals surface area contributed by atoms with Crippen molar-refractivity contribution in [3.8, 4) is 0 Å². The van der Waals surface area contributed by atoms with E-state index >= 15 is 0 Å². The first-order valence-electron chi connectivity index (χ1n) is 3.40. The number of aliphatic imine (C=N–C) groups is 1. The molecule has 0 aliphatic carbocycles. The van der Waals surface area contributed by atoms with E-state index in [1.165, 1.54) is 11.1 Å². The highest BCUT2D eigenvalue weighted by Gasteiger charge is 1.96. The molecule has 0 fully saturated rings. The minimum atomic E-state index is 0.636. The number of hydrogen-bond acceptors (Lipinski definition) is 2. The highest BCUT2D eigenvalue weighted by Crippen LogP contribution is 2.10. The summed E-state index contributed by atoms with van der Waals surface area (Å²) < 4.78 is 0. The van der Waals surface area contributed by atoms with Crippen LogP contribution in [0.15, 0.2) is 28.4 Å². The van der Waals surface area contributed by atoms with E-state index in [2.05, 4.69) is 11.9 Å². The van der Waals surface area contributed by atoms with Gasteiger partial charge in [-0.05, 0) is 19.4 Å². The average molecular weight is 136 g/mol. The molecule has 0 saturated heterocycles. The predicted octanol–water partition coefficient (Wildman–Crippen LogP) is 1.25. The molecule has 0 aromatic carbocycles. The van der Waals surface area contributed by atoms with Gasteiger partial charge >= 0.3 is 0 Å². The van der Waals surface area contributed by atoms with E-state index < -0.39 is 0 Å². The van der Waals surface area contributed by atoms with Crippen LogP contribution in [0, 0.1) is 0 Å². The van der Waals surface area contributed by atoms with Gasteiger partial charge in [0.25, 0.3) is 0 Å². The van der Waals surface area contributed by atoms with Gasteiger partial charge in [0.2, 0.25) is 0 Å². The molecule has 1 aliphatic heterocycles. The van der Waals surface area contributed by atoms with Crippen LogP contribution in [0.1, 0.15) is 13.3 Å². The maximum absolute atomic E-state index is 5.48. The van der Waals surface area contributed by atoms with Gasteiger partial charge in [0.1, 0.15) is 0 Å². The second-order valence-electron chi connectivity index (χ2n) is 2.48. The van der Waals surface area contributed by atoms with E-state index in [1.807, 2.05) is 12.3 Å². The summed E-state index contributed by atoms with van der Waals surface area (Å²) >= 11 is 0. The molecule has 54 valence electrons. The number of nitrogens with zero attached hydrogens (tertiary/aromatic N) is 1. The maximum Gasteiger partial charge on any atom is 0.0267 e. The molecule has 2 N–H and O–H groups in total. The fourth-order valence-corrected chi connectivity index (χ4v) is 0.922. The van der Waals surface area contributed by atoms with Crippen LogP contribution < -0.4 is 5.73 Å². The molecule has 1 rings (SSSR count). The van der Waals surface area contributed by atoms with Crippen LogP contribution in [0.5, 0.6) is 0 Å². The summed E-state index contributed by atoms with van der Waals surface area (Å²) in [5.41, 5.74) is 7.99. The molecule has 0 spiro atoms. The topological polar surface area (TPSA) is 38.4 Å². The van der Waals surface area contributed by atoms with Crippen molar-refractivity contribution in [3.63, 3.8) is 0 Å². The van der Waals surface area contributed by atoms with E-state index in [0.717, 1.165) is 6.42 Å². The fourth-order valence-electron chi connectivity index (χ4n) is 0.922. The molecule has 0 saturated carbocycles. The first-order chi connectivity index (χ1) is 4.83. The Balaban J connectivity index is 2.72. The van der Waals surface area contributed by atoms with Crippen LogP contribution in [0.2, 0.25) is 0 Å². The molecule has 0 amide bonds. The lowest BCUT2D eigenvalue weighted by Gasteiger charge is -1.99. The van der Waals surface area contributed by atoms with Gasteiger partial charge in [-0.25, -0.2) is 0 Å². The van der Waals surface area contributed by atoms with Gasteiger partial charge in [0.15, 0.2) is 0 Å². The van der Waals surface area contributed by atoms with Crippen LogP contribution in [-0.4, -0.2) is 12.8 Å². The highest BCUT2D eigenvalue weighted by atomic mass is 14.7. The SMILES string of the molecule is CC1=CN=CC=C(CN)C1. The normalized spacial score (nSPS) is 17.8. The molecule has 0 radical (unpaired) electrons. The molecule has 0 bridgehead atoms. The third-order valence-corrected chi connectivity index (χ3v) is 1.46. The summed E-state index contributed by atoms with van der Waals surface area (Å²) in [6.07, 6.45) is 6.61. The van der Waals surface area contributed by atoms with Gasteiger partial charge in [0.05, 0.1) is 0 Å². The number of rotatable bonds is 1. The third kappa shape index (κ3) is 1.81. The minimum absolute atomic E-state index is 0.636. The van der Waals surface area contributed by atoms with E-state index in [0.29, 0.717) is 6.54 Å². The molecule has 1 aliphatic rings. The summed E-state index contributed by atoms with van der Waals surface area (Å²) in [5, 5.41) is 0. The van der Waals surface area contributed by atoms with E-state index in [1.54, 1.807) is 6.21 Å². The summed E-state index contributed by atoms with van der Waals surface area (Å²) in [4.78, 5) is 4.03. The Kier molecular flexibility index (Phi) is 2.40. The molecule has 2 heteroatoms.